The van der Waals surface area contributed by atoms with Gasteiger partial charge in [0.2, 0.25) is 5.91 Å². The van der Waals surface area contributed by atoms with E-state index in [9.17, 15) is 14.7 Å². The maximum absolute atomic E-state index is 12.3. The molecule has 0 saturated heterocycles. The van der Waals surface area contributed by atoms with Gasteiger partial charge in [0.05, 0.1) is 10.8 Å². The van der Waals surface area contributed by atoms with Gasteiger partial charge in [0, 0.05) is 6.54 Å². The van der Waals surface area contributed by atoms with Crippen LogP contribution in [-0.2, 0) is 15.0 Å². The van der Waals surface area contributed by atoms with Gasteiger partial charge < -0.3 is 10.4 Å². The number of amides is 1. The molecule has 2 N–H and O–H groups in total. The van der Waals surface area contributed by atoms with Gasteiger partial charge in [0.15, 0.2) is 0 Å². The molecule has 1 atom stereocenters. The van der Waals surface area contributed by atoms with Gasteiger partial charge >= 0.3 is 5.97 Å². The summed E-state index contributed by atoms with van der Waals surface area (Å²) in [6.45, 7) is 7.26. The fraction of sp³-hybridized carbons (Fsp3) is 0.500. The van der Waals surface area contributed by atoms with Gasteiger partial charge in [0.1, 0.15) is 0 Å². The van der Waals surface area contributed by atoms with E-state index in [2.05, 4.69) is 5.32 Å². The molecule has 20 heavy (non-hydrogen) atoms. The summed E-state index contributed by atoms with van der Waals surface area (Å²) in [5.41, 5.74) is -0.706. The third-order valence-electron chi connectivity index (χ3n) is 4.00. The molecule has 0 fully saturated rings. The molecule has 0 heterocycles. The van der Waals surface area contributed by atoms with E-state index in [-0.39, 0.29) is 12.5 Å². The Kier molecular flexibility index (Phi) is 4.93. The van der Waals surface area contributed by atoms with Crippen molar-refractivity contribution in [3.05, 3.63) is 35.9 Å². The lowest BCUT2D eigenvalue weighted by Gasteiger charge is -2.28. The van der Waals surface area contributed by atoms with Crippen LogP contribution in [0.3, 0.4) is 0 Å². The Balaban J connectivity index is 2.79. The number of aliphatic carboxylic acids is 1. The molecule has 1 rings (SSSR count). The minimum Gasteiger partial charge on any atom is -0.481 e. The smallest absolute Gasteiger partial charge is 0.311 e. The third-order valence-corrected chi connectivity index (χ3v) is 4.00. The molecule has 1 aromatic rings. The fourth-order valence-corrected chi connectivity index (χ4v) is 1.83. The topological polar surface area (TPSA) is 66.4 Å². The highest BCUT2D eigenvalue weighted by atomic mass is 16.4. The predicted molar refractivity (Wildman–Crippen MR) is 78.5 cm³/mol. The Bertz CT molecular complexity index is 482. The highest BCUT2D eigenvalue weighted by molar-refractivity contribution is 5.88. The molecule has 0 saturated carbocycles. The molecule has 110 valence electrons. The predicted octanol–water partition coefficient (Wildman–Crippen LogP) is 2.58. The van der Waals surface area contributed by atoms with Crippen molar-refractivity contribution in [2.45, 2.75) is 39.5 Å². The molecule has 1 aromatic carbocycles. The Labute approximate surface area is 120 Å². The molecule has 4 nitrogen and oxygen atoms in total. The van der Waals surface area contributed by atoms with Crippen molar-refractivity contribution in [2.24, 2.45) is 5.41 Å². The standard InChI is InChI=1S/C16H23NO3/c1-5-16(4,14(19)20)11-17-13(18)15(2,3)12-9-7-6-8-10-12/h6-10H,5,11H2,1-4H3,(H,17,18)(H,19,20). The van der Waals surface area contributed by atoms with Crippen molar-refractivity contribution in [1.29, 1.82) is 0 Å². The average Bonchev–Trinajstić information content (AvgIpc) is 2.44. The monoisotopic (exact) mass is 277 g/mol. The quantitative estimate of drug-likeness (QED) is 0.840. The maximum Gasteiger partial charge on any atom is 0.311 e. The lowest BCUT2D eigenvalue weighted by molar-refractivity contribution is -0.148. The van der Waals surface area contributed by atoms with Crippen molar-refractivity contribution in [3.63, 3.8) is 0 Å². The van der Waals surface area contributed by atoms with Crippen LogP contribution in [0.25, 0.3) is 0 Å². The van der Waals surface area contributed by atoms with Crippen LogP contribution < -0.4 is 5.32 Å². The van der Waals surface area contributed by atoms with Crippen LogP contribution in [0, 0.1) is 5.41 Å². The van der Waals surface area contributed by atoms with E-state index in [1.807, 2.05) is 51.1 Å². The van der Waals surface area contributed by atoms with E-state index in [1.54, 1.807) is 6.92 Å². The van der Waals surface area contributed by atoms with Crippen LogP contribution in [-0.4, -0.2) is 23.5 Å². The summed E-state index contributed by atoms with van der Waals surface area (Å²) in [5.74, 6) is -1.05. The minimum absolute atomic E-state index is 0.133. The first-order valence-corrected chi connectivity index (χ1v) is 6.81. The molecular formula is C16H23NO3. The number of carbonyl (C=O) groups excluding carboxylic acids is 1. The van der Waals surface area contributed by atoms with Crippen molar-refractivity contribution in [1.82, 2.24) is 5.32 Å². The van der Waals surface area contributed by atoms with E-state index < -0.39 is 16.8 Å². The highest BCUT2D eigenvalue weighted by Crippen LogP contribution is 2.25. The first-order chi connectivity index (χ1) is 9.24. The van der Waals surface area contributed by atoms with Gasteiger partial charge in [-0.05, 0) is 32.8 Å². The first kappa shape index (κ1) is 16.2. The number of hydrogen-bond donors (Lipinski definition) is 2. The molecule has 0 aliphatic rings. The van der Waals surface area contributed by atoms with Crippen molar-refractivity contribution in [3.8, 4) is 0 Å². The van der Waals surface area contributed by atoms with Crippen LogP contribution in [0.5, 0.6) is 0 Å². The SMILES string of the molecule is CCC(C)(CNC(=O)C(C)(C)c1ccccc1)C(=O)O. The largest absolute Gasteiger partial charge is 0.481 e. The third kappa shape index (κ3) is 3.38. The second-order valence-corrected chi connectivity index (χ2v) is 5.89. The van der Waals surface area contributed by atoms with Crippen LogP contribution in [0.15, 0.2) is 30.3 Å². The summed E-state index contributed by atoms with van der Waals surface area (Å²) in [6.07, 6.45) is 0.467. The number of nitrogens with one attached hydrogen (secondary N) is 1. The Morgan fingerprint density at radius 2 is 1.70 bits per heavy atom. The van der Waals surface area contributed by atoms with Crippen molar-refractivity contribution in [2.75, 3.05) is 6.54 Å². The average molecular weight is 277 g/mol. The Hall–Kier alpha value is -1.84. The van der Waals surface area contributed by atoms with Crippen LogP contribution in [0.1, 0.15) is 39.7 Å². The molecule has 0 radical (unpaired) electrons. The van der Waals surface area contributed by atoms with Crippen LogP contribution >= 0.6 is 0 Å². The van der Waals surface area contributed by atoms with Gasteiger partial charge in [-0.3, -0.25) is 9.59 Å². The molecule has 0 aromatic heterocycles. The zero-order valence-corrected chi connectivity index (χ0v) is 12.6. The lowest BCUT2D eigenvalue weighted by Crippen LogP contribution is -2.46. The number of rotatable bonds is 6. The lowest BCUT2D eigenvalue weighted by atomic mass is 9.82. The van der Waals surface area contributed by atoms with E-state index in [4.69, 9.17) is 0 Å². The maximum atomic E-state index is 12.3. The van der Waals surface area contributed by atoms with Crippen LogP contribution in [0.2, 0.25) is 0 Å². The van der Waals surface area contributed by atoms with Gasteiger partial charge in [-0.25, -0.2) is 0 Å². The molecule has 4 heteroatoms. The molecular weight excluding hydrogens is 254 g/mol. The molecule has 0 aliphatic heterocycles. The summed E-state index contributed by atoms with van der Waals surface area (Å²) < 4.78 is 0. The van der Waals surface area contributed by atoms with Gasteiger partial charge in [-0.15, -0.1) is 0 Å². The number of carboxylic acid groups (broad SMARTS) is 1. The van der Waals surface area contributed by atoms with Crippen molar-refractivity contribution < 1.29 is 14.7 Å². The number of carbonyl (C=O) groups is 2. The van der Waals surface area contributed by atoms with Crippen LogP contribution in [0.4, 0.5) is 0 Å². The normalized spacial score (nSPS) is 14.4. The fourth-order valence-electron chi connectivity index (χ4n) is 1.83. The Morgan fingerprint density at radius 3 is 2.15 bits per heavy atom. The summed E-state index contributed by atoms with van der Waals surface area (Å²) in [6, 6.07) is 9.47. The van der Waals surface area contributed by atoms with E-state index in [0.29, 0.717) is 6.42 Å². The van der Waals surface area contributed by atoms with Crippen molar-refractivity contribution >= 4 is 11.9 Å². The molecule has 1 amide bonds. The van der Waals surface area contributed by atoms with E-state index >= 15 is 0 Å². The second kappa shape index (κ2) is 6.07. The minimum atomic E-state index is -0.928. The number of hydrogen-bond acceptors (Lipinski definition) is 2. The van der Waals surface area contributed by atoms with E-state index in [0.717, 1.165) is 5.56 Å². The van der Waals surface area contributed by atoms with Gasteiger partial charge in [-0.1, -0.05) is 37.3 Å². The molecule has 0 spiro atoms. The summed E-state index contributed by atoms with van der Waals surface area (Å²) in [7, 11) is 0. The summed E-state index contributed by atoms with van der Waals surface area (Å²) >= 11 is 0. The second-order valence-electron chi connectivity index (χ2n) is 5.89. The molecule has 1 unspecified atom stereocenters. The molecule has 0 bridgehead atoms. The number of carboxylic acids is 1. The number of benzene rings is 1. The summed E-state index contributed by atoms with van der Waals surface area (Å²) in [4.78, 5) is 23.6. The molecule has 0 aliphatic carbocycles. The summed E-state index contributed by atoms with van der Waals surface area (Å²) in [5, 5.41) is 12.0. The highest BCUT2D eigenvalue weighted by Gasteiger charge is 2.35. The zero-order chi connectivity index (χ0) is 15.4. The Morgan fingerprint density at radius 1 is 1.15 bits per heavy atom. The first-order valence-electron chi connectivity index (χ1n) is 6.81. The zero-order valence-electron chi connectivity index (χ0n) is 12.6. The van der Waals surface area contributed by atoms with E-state index in [1.165, 1.54) is 0 Å². The van der Waals surface area contributed by atoms with Gasteiger partial charge in [0.25, 0.3) is 0 Å². The van der Waals surface area contributed by atoms with Gasteiger partial charge in [-0.2, -0.15) is 0 Å².